The van der Waals surface area contributed by atoms with Gasteiger partial charge in [0.1, 0.15) is 23.2 Å². The van der Waals surface area contributed by atoms with Crippen LogP contribution in [0.4, 0.5) is 24.5 Å². The molecule has 0 saturated carbocycles. The fourth-order valence-corrected chi connectivity index (χ4v) is 7.27. The Morgan fingerprint density at radius 1 is 0.931 bits per heavy atom. The molecule has 3 aliphatic rings. The summed E-state index contributed by atoms with van der Waals surface area (Å²) in [4.78, 5) is 69.7. The summed E-state index contributed by atoms with van der Waals surface area (Å²) in [5.74, 6) is -2.72. The largest absolute Gasteiger partial charge is 0.494 e. The van der Waals surface area contributed by atoms with Gasteiger partial charge in [0.05, 0.1) is 61.9 Å². The van der Waals surface area contributed by atoms with E-state index in [0.717, 1.165) is 54.9 Å². The molecule has 2 aromatic heterocycles. The number of imide groups is 2. The minimum Gasteiger partial charge on any atom is -0.494 e. The smallest absolute Gasteiger partial charge is 0.433 e. The van der Waals surface area contributed by atoms with Gasteiger partial charge in [-0.15, -0.1) is 0 Å². The number of aromatic nitrogens is 3. The number of halogens is 3. The highest BCUT2D eigenvalue weighted by Crippen LogP contribution is 2.34. The monoisotopic (exact) mass is 806 g/mol. The number of nitrogens with zero attached hydrogens (tertiary/aromatic N) is 5. The molecule has 5 amide bonds. The Hall–Kier alpha value is -5.92. The van der Waals surface area contributed by atoms with Crippen molar-refractivity contribution in [1.29, 1.82) is 0 Å². The Bertz CT molecular complexity index is 2220. The second kappa shape index (κ2) is 17.3. The van der Waals surface area contributed by atoms with Crippen molar-refractivity contribution in [1.82, 2.24) is 29.9 Å². The van der Waals surface area contributed by atoms with Gasteiger partial charge >= 0.3 is 6.18 Å². The highest BCUT2D eigenvalue weighted by molar-refractivity contribution is 6.25. The first kappa shape index (κ1) is 40.3. The van der Waals surface area contributed by atoms with Crippen LogP contribution >= 0.6 is 0 Å². The van der Waals surface area contributed by atoms with Gasteiger partial charge in [-0.1, -0.05) is 12.1 Å². The molecule has 0 spiro atoms. The van der Waals surface area contributed by atoms with E-state index in [4.69, 9.17) is 19.3 Å². The second-order valence-electron chi connectivity index (χ2n) is 14.0. The Labute approximate surface area is 330 Å². The first-order chi connectivity index (χ1) is 27.9. The van der Waals surface area contributed by atoms with Crippen LogP contribution in [0.1, 0.15) is 68.6 Å². The molecule has 3 aliphatic heterocycles. The van der Waals surface area contributed by atoms with Crippen molar-refractivity contribution in [3.8, 4) is 5.75 Å². The topological polar surface area (TPSA) is 186 Å². The highest BCUT2D eigenvalue weighted by atomic mass is 19.4. The van der Waals surface area contributed by atoms with Gasteiger partial charge in [-0.25, -0.2) is 4.98 Å². The van der Waals surface area contributed by atoms with Gasteiger partial charge in [-0.2, -0.15) is 18.3 Å². The Balaban J connectivity index is 0.806. The van der Waals surface area contributed by atoms with E-state index >= 15 is 0 Å². The van der Waals surface area contributed by atoms with Crippen LogP contribution in [0.3, 0.4) is 0 Å². The molecule has 58 heavy (non-hydrogen) atoms. The summed E-state index contributed by atoms with van der Waals surface area (Å²) < 4.78 is 58.2. The van der Waals surface area contributed by atoms with E-state index in [1.54, 1.807) is 30.3 Å². The average molecular weight is 807 g/mol. The molecule has 306 valence electrons. The number of ether oxygens (including phenoxy) is 3. The second-order valence-corrected chi connectivity index (χ2v) is 14.0. The predicted octanol–water partition coefficient (Wildman–Crippen LogP) is 3.89. The summed E-state index contributed by atoms with van der Waals surface area (Å²) in [6.45, 7) is 4.39. The Morgan fingerprint density at radius 3 is 2.43 bits per heavy atom. The number of rotatable bonds is 15. The lowest BCUT2D eigenvalue weighted by molar-refractivity contribution is -0.141. The van der Waals surface area contributed by atoms with Gasteiger partial charge in [0.25, 0.3) is 17.7 Å². The number of piperidine rings is 2. The molecule has 5 heterocycles. The normalized spacial score (nSPS) is 17.8. The van der Waals surface area contributed by atoms with Gasteiger partial charge in [-0.3, -0.25) is 38.9 Å². The zero-order chi connectivity index (χ0) is 41.0. The molecular weight excluding hydrogens is 765 g/mol. The molecular formula is C39H41F3N8O8. The number of hydrogen-bond acceptors (Lipinski definition) is 12. The van der Waals surface area contributed by atoms with Crippen molar-refractivity contribution < 1.29 is 51.4 Å². The molecule has 2 saturated heterocycles. The van der Waals surface area contributed by atoms with Crippen LogP contribution in [0.15, 0.2) is 54.7 Å². The number of methoxy groups -OCH3 is 1. The molecule has 3 N–H and O–H groups in total. The van der Waals surface area contributed by atoms with E-state index in [1.807, 2.05) is 10.9 Å². The van der Waals surface area contributed by atoms with Crippen LogP contribution < -0.4 is 20.7 Å². The quantitative estimate of drug-likeness (QED) is 0.117. The number of benzene rings is 2. The summed E-state index contributed by atoms with van der Waals surface area (Å²) in [6.07, 6.45) is -0.955. The van der Waals surface area contributed by atoms with Gasteiger partial charge < -0.3 is 29.7 Å². The van der Waals surface area contributed by atoms with E-state index in [1.165, 1.54) is 13.2 Å². The van der Waals surface area contributed by atoms with Crippen molar-refractivity contribution in [3.05, 3.63) is 77.2 Å². The summed E-state index contributed by atoms with van der Waals surface area (Å²) in [7, 11) is 1.43. The van der Waals surface area contributed by atoms with Crippen molar-refractivity contribution in [2.75, 3.05) is 70.3 Å². The lowest BCUT2D eigenvalue weighted by Crippen LogP contribution is -2.54. The summed E-state index contributed by atoms with van der Waals surface area (Å²) in [5.41, 5.74) is 0.252. The molecule has 0 radical (unpaired) electrons. The molecule has 2 aromatic carbocycles. The first-order valence-electron chi connectivity index (χ1n) is 18.8. The molecule has 19 heteroatoms. The molecule has 7 rings (SSSR count). The van der Waals surface area contributed by atoms with Gasteiger partial charge in [0.15, 0.2) is 0 Å². The number of amides is 5. The van der Waals surface area contributed by atoms with Crippen LogP contribution in [0, 0.1) is 0 Å². The number of likely N-dealkylation sites (tertiary alicyclic amines) is 1. The molecule has 2 fully saturated rings. The number of anilines is 2. The standard InChI is InChI=1S/C39H41F3N8O8/c1-56-31-21-28-23(20-29(31)45-35(52)27-6-3-7-32(44-27)39(40,41)42)22-49(47-28)24-10-13-48(14-11-24)15-17-58-19-18-57-16-12-43-26-5-2-4-25-34(26)38(55)50(37(25)54)30-8-9-33(51)46-36(30)53/h2-7,20-22,24,30,43H,8-19H2,1H3,(H,45,52)(H,46,51,53). The fraction of sp³-hybridized carbons (Fsp3) is 0.410. The third kappa shape index (κ3) is 8.80. The van der Waals surface area contributed by atoms with Crippen molar-refractivity contribution in [3.63, 3.8) is 0 Å². The number of alkyl halides is 3. The Morgan fingerprint density at radius 2 is 1.69 bits per heavy atom. The third-order valence-corrected chi connectivity index (χ3v) is 10.2. The van der Waals surface area contributed by atoms with E-state index in [9.17, 15) is 37.1 Å². The van der Waals surface area contributed by atoms with Crippen molar-refractivity contribution in [2.24, 2.45) is 0 Å². The maximum absolute atomic E-state index is 13.2. The number of carbonyl (C=O) groups excluding carboxylic acids is 5. The van der Waals surface area contributed by atoms with E-state index < -0.39 is 47.4 Å². The average Bonchev–Trinajstić information content (AvgIpc) is 3.74. The number of fused-ring (bicyclic) bond motifs is 2. The van der Waals surface area contributed by atoms with Crippen LogP contribution in [-0.2, 0) is 25.2 Å². The van der Waals surface area contributed by atoms with E-state index in [2.05, 4.69) is 25.8 Å². The Kier molecular flexibility index (Phi) is 12.0. The molecule has 1 atom stereocenters. The highest BCUT2D eigenvalue weighted by Gasteiger charge is 2.45. The molecule has 1 unspecified atom stereocenters. The van der Waals surface area contributed by atoms with Gasteiger partial charge in [-0.05, 0) is 49.6 Å². The fourth-order valence-electron chi connectivity index (χ4n) is 7.27. The lowest BCUT2D eigenvalue weighted by atomic mass is 10.0. The minimum atomic E-state index is -4.68. The zero-order valence-corrected chi connectivity index (χ0v) is 31.5. The molecule has 0 aliphatic carbocycles. The summed E-state index contributed by atoms with van der Waals surface area (Å²) in [5, 5.41) is 13.4. The van der Waals surface area contributed by atoms with Gasteiger partial charge in [0.2, 0.25) is 11.8 Å². The van der Waals surface area contributed by atoms with Crippen LogP contribution in [0.5, 0.6) is 5.75 Å². The SMILES string of the molecule is COc1cc2nn(C3CCN(CCOCCOCCNc4cccc5c4C(=O)N(C4CCC(=O)NC4=O)C5=O)CC3)cc2cc1NC(=O)c1cccc(C(F)(F)F)n1. The number of carbonyl (C=O) groups is 5. The number of pyridine rings is 1. The van der Waals surface area contributed by atoms with Crippen LogP contribution in [-0.4, -0.2) is 120 Å². The molecule has 16 nitrogen and oxygen atoms in total. The maximum Gasteiger partial charge on any atom is 0.433 e. The molecule has 0 bridgehead atoms. The first-order valence-corrected chi connectivity index (χ1v) is 18.8. The minimum absolute atomic E-state index is 0.0487. The lowest BCUT2D eigenvalue weighted by Gasteiger charge is -2.31. The van der Waals surface area contributed by atoms with E-state index in [-0.39, 0.29) is 41.4 Å². The molecule has 4 aromatic rings. The summed E-state index contributed by atoms with van der Waals surface area (Å²) in [6, 6.07) is 10.5. The maximum atomic E-state index is 13.2. The third-order valence-electron chi connectivity index (χ3n) is 10.2. The van der Waals surface area contributed by atoms with Crippen LogP contribution in [0.2, 0.25) is 0 Å². The van der Waals surface area contributed by atoms with Crippen LogP contribution in [0.25, 0.3) is 10.9 Å². The zero-order valence-electron chi connectivity index (χ0n) is 31.5. The predicted molar refractivity (Wildman–Crippen MR) is 201 cm³/mol. The number of hydrogen-bond donors (Lipinski definition) is 3. The number of nitrogens with one attached hydrogen (secondary N) is 3. The van der Waals surface area contributed by atoms with Crippen molar-refractivity contribution in [2.45, 2.75) is 43.9 Å². The van der Waals surface area contributed by atoms with E-state index in [0.29, 0.717) is 49.9 Å². The van der Waals surface area contributed by atoms with Crippen molar-refractivity contribution >= 4 is 51.8 Å². The summed E-state index contributed by atoms with van der Waals surface area (Å²) >= 11 is 0. The van der Waals surface area contributed by atoms with Gasteiger partial charge in [0, 0.05) is 55.9 Å².